The zero-order valence-electron chi connectivity index (χ0n) is 11.7. The maximum Gasteiger partial charge on any atom is 0.371 e. The lowest BCUT2D eigenvalue weighted by atomic mass is 10.2. The molecular formula is C15H17NO4. The number of hydrogen-bond acceptors (Lipinski definition) is 4. The number of carboxylic acid groups (broad SMARTS) is 1. The first-order chi connectivity index (χ1) is 9.51. The lowest BCUT2D eigenvalue weighted by Gasteiger charge is -2.11. The summed E-state index contributed by atoms with van der Waals surface area (Å²) in [7, 11) is 1.61. The van der Waals surface area contributed by atoms with Gasteiger partial charge in [0.25, 0.3) is 0 Å². The summed E-state index contributed by atoms with van der Waals surface area (Å²) in [6, 6.07) is 7.37. The van der Waals surface area contributed by atoms with Crippen LogP contribution in [-0.4, -0.2) is 18.2 Å². The van der Waals surface area contributed by atoms with Crippen molar-refractivity contribution < 1.29 is 19.1 Å². The molecule has 20 heavy (non-hydrogen) atoms. The summed E-state index contributed by atoms with van der Waals surface area (Å²) in [6.07, 6.45) is 0. The Labute approximate surface area is 117 Å². The van der Waals surface area contributed by atoms with Crippen molar-refractivity contribution in [3.63, 3.8) is 0 Å². The number of nitrogens with one attached hydrogen (secondary N) is 1. The molecule has 2 rings (SSSR count). The summed E-state index contributed by atoms with van der Waals surface area (Å²) in [5, 5.41) is 12.1. The van der Waals surface area contributed by atoms with Crippen molar-refractivity contribution >= 4 is 11.7 Å². The number of rotatable bonds is 5. The highest BCUT2D eigenvalue weighted by molar-refractivity contribution is 5.84. The Morgan fingerprint density at radius 2 is 2.10 bits per heavy atom. The third-order valence-corrected chi connectivity index (χ3v) is 3.06. The zero-order chi connectivity index (χ0) is 14.7. The van der Waals surface area contributed by atoms with Crippen molar-refractivity contribution in [1.82, 2.24) is 0 Å². The number of carbonyl (C=O) groups is 1. The van der Waals surface area contributed by atoms with Crippen molar-refractivity contribution in [3.05, 3.63) is 46.9 Å². The van der Waals surface area contributed by atoms with E-state index >= 15 is 0 Å². The molecule has 5 nitrogen and oxygen atoms in total. The van der Waals surface area contributed by atoms with E-state index in [9.17, 15) is 4.79 Å². The Hall–Kier alpha value is -2.43. The molecule has 0 atom stereocenters. The van der Waals surface area contributed by atoms with E-state index in [1.165, 1.54) is 6.07 Å². The van der Waals surface area contributed by atoms with E-state index in [1.54, 1.807) is 14.0 Å². The van der Waals surface area contributed by atoms with Crippen molar-refractivity contribution in [2.75, 3.05) is 12.4 Å². The molecule has 106 valence electrons. The third-order valence-electron chi connectivity index (χ3n) is 3.06. The van der Waals surface area contributed by atoms with Gasteiger partial charge in [-0.15, -0.1) is 0 Å². The van der Waals surface area contributed by atoms with Gasteiger partial charge in [0.15, 0.2) is 0 Å². The van der Waals surface area contributed by atoms with Crippen LogP contribution in [0.4, 0.5) is 5.69 Å². The fourth-order valence-corrected chi connectivity index (χ4v) is 1.95. The van der Waals surface area contributed by atoms with Crippen LogP contribution in [0.5, 0.6) is 5.75 Å². The minimum absolute atomic E-state index is 0.0458. The molecule has 0 amide bonds. The van der Waals surface area contributed by atoms with Crippen molar-refractivity contribution in [2.24, 2.45) is 0 Å². The maximum absolute atomic E-state index is 10.9. The second kappa shape index (κ2) is 5.69. The molecular weight excluding hydrogens is 258 g/mol. The number of hydrogen-bond donors (Lipinski definition) is 2. The van der Waals surface area contributed by atoms with Gasteiger partial charge in [0.2, 0.25) is 5.76 Å². The van der Waals surface area contributed by atoms with Gasteiger partial charge in [-0.25, -0.2) is 4.79 Å². The van der Waals surface area contributed by atoms with Gasteiger partial charge in [0.1, 0.15) is 11.5 Å². The molecule has 0 aliphatic rings. The minimum atomic E-state index is -1.06. The summed E-state index contributed by atoms with van der Waals surface area (Å²) >= 11 is 0. The first kappa shape index (κ1) is 14.0. The highest BCUT2D eigenvalue weighted by atomic mass is 16.5. The number of furan rings is 1. The Bertz CT molecular complexity index is 631. The average molecular weight is 275 g/mol. The van der Waals surface area contributed by atoms with Crippen LogP contribution in [-0.2, 0) is 6.54 Å². The highest BCUT2D eigenvalue weighted by Crippen LogP contribution is 2.26. The van der Waals surface area contributed by atoms with Crippen LogP contribution in [0.2, 0.25) is 0 Å². The molecule has 0 saturated carbocycles. The molecule has 1 aromatic heterocycles. The molecule has 0 fully saturated rings. The zero-order valence-corrected chi connectivity index (χ0v) is 11.7. The Kier molecular flexibility index (Phi) is 3.98. The third kappa shape index (κ3) is 2.93. The van der Waals surface area contributed by atoms with Crippen LogP contribution < -0.4 is 10.1 Å². The predicted octanol–water partition coefficient (Wildman–Crippen LogP) is 3.22. The fourth-order valence-electron chi connectivity index (χ4n) is 1.95. The normalized spacial score (nSPS) is 10.3. The Balaban J connectivity index is 2.16. The first-order valence-electron chi connectivity index (χ1n) is 6.22. The maximum atomic E-state index is 10.9. The van der Waals surface area contributed by atoms with Crippen LogP contribution in [0.15, 0.2) is 28.7 Å². The molecule has 2 N–H and O–H groups in total. The molecule has 0 bridgehead atoms. The van der Waals surface area contributed by atoms with Gasteiger partial charge in [-0.2, -0.15) is 0 Å². The van der Waals surface area contributed by atoms with E-state index in [-0.39, 0.29) is 5.76 Å². The standard InChI is InChI=1S/C15H17NO4/c1-9-4-5-13(19-3)12(6-9)16-8-11-7-14(15(17)18)20-10(11)2/h4-7,16H,8H2,1-3H3,(H,17,18). The van der Waals surface area contributed by atoms with Gasteiger partial charge < -0.3 is 19.6 Å². The van der Waals surface area contributed by atoms with Gasteiger partial charge in [0.05, 0.1) is 12.8 Å². The smallest absolute Gasteiger partial charge is 0.371 e. The van der Waals surface area contributed by atoms with Gasteiger partial charge in [-0.1, -0.05) is 6.07 Å². The van der Waals surface area contributed by atoms with E-state index < -0.39 is 5.97 Å². The van der Waals surface area contributed by atoms with E-state index in [2.05, 4.69) is 5.32 Å². The summed E-state index contributed by atoms with van der Waals surface area (Å²) in [6.45, 7) is 4.22. The summed E-state index contributed by atoms with van der Waals surface area (Å²) < 4.78 is 10.5. The first-order valence-corrected chi connectivity index (χ1v) is 6.22. The molecule has 0 aliphatic heterocycles. The summed E-state index contributed by atoms with van der Waals surface area (Å²) in [4.78, 5) is 10.9. The van der Waals surface area contributed by atoms with Crippen molar-refractivity contribution in [3.8, 4) is 5.75 Å². The van der Waals surface area contributed by atoms with Gasteiger partial charge in [0, 0.05) is 12.1 Å². The molecule has 0 unspecified atom stereocenters. The number of ether oxygens (including phenoxy) is 1. The van der Waals surface area contributed by atoms with Gasteiger partial charge in [-0.05, 0) is 37.6 Å². The lowest BCUT2D eigenvalue weighted by Crippen LogP contribution is -2.02. The Morgan fingerprint density at radius 3 is 2.70 bits per heavy atom. The van der Waals surface area contributed by atoms with E-state index in [4.69, 9.17) is 14.3 Å². The van der Waals surface area contributed by atoms with Crippen LogP contribution in [0.3, 0.4) is 0 Å². The molecule has 0 radical (unpaired) electrons. The average Bonchev–Trinajstić information content (AvgIpc) is 2.78. The molecule has 2 aromatic rings. The second-order valence-corrected chi connectivity index (χ2v) is 4.55. The minimum Gasteiger partial charge on any atom is -0.495 e. The summed E-state index contributed by atoms with van der Waals surface area (Å²) in [5.41, 5.74) is 2.79. The van der Waals surface area contributed by atoms with Crippen molar-refractivity contribution in [2.45, 2.75) is 20.4 Å². The Morgan fingerprint density at radius 1 is 1.35 bits per heavy atom. The molecule has 0 saturated heterocycles. The number of aromatic carboxylic acids is 1. The van der Waals surface area contributed by atoms with Gasteiger partial charge in [-0.3, -0.25) is 0 Å². The van der Waals surface area contributed by atoms with Gasteiger partial charge >= 0.3 is 5.97 Å². The van der Waals surface area contributed by atoms with Crippen molar-refractivity contribution in [1.29, 1.82) is 0 Å². The quantitative estimate of drug-likeness (QED) is 0.876. The van der Waals surface area contributed by atoms with Crippen LogP contribution >= 0.6 is 0 Å². The second-order valence-electron chi connectivity index (χ2n) is 4.55. The van der Waals surface area contributed by atoms with Crippen LogP contribution in [0, 0.1) is 13.8 Å². The molecule has 1 aromatic carbocycles. The predicted molar refractivity (Wildman–Crippen MR) is 75.5 cm³/mol. The molecule has 1 heterocycles. The van der Waals surface area contributed by atoms with E-state index in [0.717, 1.165) is 22.6 Å². The largest absolute Gasteiger partial charge is 0.495 e. The van der Waals surface area contributed by atoms with E-state index in [1.807, 2.05) is 25.1 Å². The van der Waals surface area contributed by atoms with Crippen LogP contribution in [0.25, 0.3) is 0 Å². The number of methoxy groups -OCH3 is 1. The lowest BCUT2D eigenvalue weighted by molar-refractivity contribution is 0.0661. The van der Waals surface area contributed by atoms with E-state index in [0.29, 0.717) is 12.3 Å². The summed E-state index contributed by atoms with van der Waals surface area (Å²) in [5.74, 6) is 0.236. The van der Waals surface area contributed by atoms with Crippen LogP contribution in [0.1, 0.15) is 27.4 Å². The molecule has 5 heteroatoms. The highest BCUT2D eigenvalue weighted by Gasteiger charge is 2.13. The molecule has 0 aliphatic carbocycles. The fraction of sp³-hybridized carbons (Fsp3) is 0.267. The molecule has 0 spiro atoms. The number of benzene rings is 1. The number of anilines is 1. The monoisotopic (exact) mass is 275 g/mol. The SMILES string of the molecule is COc1ccc(C)cc1NCc1cc(C(=O)O)oc1C. The number of aryl methyl sites for hydroxylation is 2. The number of carboxylic acids is 1. The topological polar surface area (TPSA) is 71.7 Å².